The third kappa shape index (κ3) is 1.94. The molecule has 5 nitrogen and oxygen atoms in total. The van der Waals surface area contributed by atoms with E-state index < -0.39 is 11.6 Å². The van der Waals surface area contributed by atoms with Gasteiger partial charge in [-0.2, -0.15) is 0 Å². The van der Waals surface area contributed by atoms with Crippen molar-refractivity contribution in [3.8, 4) is 5.95 Å². The maximum Gasteiger partial charge on any atom is 0.347 e. The van der Waals surface area contributed by atoms with Gasteiger partial charge in [0.05, 0.1) is 19.6 Å². The third-order valence-electron chi connectivity index (χ3n) is 3.37. The molecule has 2 aromatic carbocycles. The van der Waals surface area contributed by atoms with E-state index in [0.29, 0.717) is 10.8 Å². The number of benzene rings is 2. The zero-order chi connectivity index (χ0) is 15.0. The molecule has 106 valence electrons. The van der Waals surface area contributed by atoms with Crippen LogP contribution in [0.15, 0.2) is 45.6 Å². The summed E-state index contributed by atoms with van der Waals surface area (Å²) >= 11 is 0. The van der Waals surface area contributed by atoms with E-state index in [2.05, 4.69) is 0 Å². The van der Waals surface area contributed by atoms with Gasteiger partial charge in [0, 0.05) is 5.39 Å². The first kappa shape index (κ1) is 13.2. The SMILES string of the molecule is COC(=O)c1c(OC)oc(=O)c2c1ccc1ccccc12. The van der Waals surface area contributed by atoms with Crippen LogP contribution < -0.4 is 10.4 Å². The second-order valence-electron chi connectivity index (χ2n) is 4.46. The lowest BCUT2D eigenvalue weighted by Crippen LogP contribution is -2.11. The van der Waals surface area contributed by atoms with Gasteiger partial charge in [-0.25, -0.2) is 9.59 Å². The fourth-order valence-electron chi connectivity index (χ4n) is 2.44. The molecule has 0 N–H and O–H groups in total. The summed E-state index contributed by atoms with van der Waals surface area (Å²) in [5.74, 6) is -0.759. The standard InChI is InChI=1S/C16H12O5/c1-19-14(17)13-11-8-7-9-5-3-4-6-10(9)12(11)15(18)21-16(13)20-2/h3-8H,1-2H3. The van der Waals surface area contributed by atoms with Crippen LogP contribution in [0, 0.1) is 0 Å². The van der Waals surface area contributed by atoms with Crippen LogP contribution in [0.5, 0.6) is 5.95 Å². The number of esters is 1. The van der Waals surface area contributed by atoms with E-state index in [1.807, 2.05) is 30.3 Å². The minimum Gasteiger partial charge on any atom is -0.468 e. The first-order chi connectivity index (χ1) is 10.2. The Balaban J connectivity index is 2.56. The molecule has 0 unspecified atom stereocenters. The molecule has 3 rings (SSSR count). The van der Waals surface area contributed by atoms with Crippen molar-refractivity contribution in [2.24, 2.45) is 0 Å². The van der Waals surface area contributed by atoms with Crippen LogP contribution in [-0.4, -0.2) is 20.2 Å². The summed E-state index contributed by atoms with van der Waals surface area (Å²) in [4.78, 5) is 24.2. The Morgan fingerprint density at radius 2 is 1.81 bits per heavy atom. The predicted octanol–water partition coefficient (Wildman–Crippen LogP) is 2.74. The number of fused-ring (bicyclic) bond motifs is 3. The van der Waals surface area contributed by atoms with Gasteiger partial charge in [0.2, 0.25) is 0 Å². The van der Waals surface area contributed by atoms with Crippen LogP contribution in [0.25, 0.3) is 21.5 Å². The smallest absolute Gasteiger partial charge is 0.347 e. The molecule has 0 aliphatic rings. The molecule has 0 saturated heterocycles. The van der Waals surface area contributed by atoms with Crippen molar-refractivity contribution in [2.45, 2.75) is 0 Å². The molecule has 0 aliphatic heterocycles. The van der Waals surface area contributed by atoms with Gasteiger partial charge in [-0.3, -0.25) is 0 Å². The number of methoxy groups -OCH3 is 2. The van der Waals surface area contributed by atoms with Crippen molar-refractivity contribution in [1.82, 2.24) is 0 Å². The maximum atomic E-state index is 12.2. The summed E-state index contributed by atoms with van der Waals surface area (Å²) in [5, 5.41) is 2.40. The zero-order valence-electron chi connectivity index (χ0n) is 11.5. The Labute approximate surface area is 119 Å². The molecule has 1 heterocycles. The minimum absolute atomic E-state index is 0.111. The van der Waals surface area contributed by atoms with Crippen molar-refractivity contribution in [1.29, 1.82) is 0 Å². The molecule has 0 saturated carbocycles. The van der Waals surface area contributed by atoms with Crippen LogP contribution in [-0.2, 0) is 4.74 Å². The normalized spacial score (nSPS) is 10.8. The quantitative estimate of drug-likeness (QED) is 0.534. The van der Waals surface area contributed by atoms with Crippen molar-refractivity contribution in [2.75, 3.05) is 14.2 Å². The molecule has 0 fully saturated rings. The fourth-order valence-corrected chi connectivity index (χ4v) is 2.44. The number of carbonyl (C=O) groups is 1. The van der Waals surface area contributed by atoms with E-state index in [1.165, 1.54) is 14.2 Å². The number of rotatable bonds is 2. The molecular formula is C16H12O5. The fraction of sp³-hybridized carbons (Fsp3) is 0.125. The predicted molar refractivity (Wildman–Crippen MR) is 77.9 cm³/mol. The second-order valence-corrected chi connectivity index (χ2v) is 4.46. The number of carbonyl (C=O) groups excluding carboxylic acids is 1. The molecule has 21 heavy (non-hydrogen) atoms. The van der Waals surface area contributed by atoms with Crippen LogP contribution in [0.3, 0.4) is 0 Å². The van der Waals surface area contributed by atoms with E-state index in [4.69, 9.17) is 13.9 Å². The van der Waals surface area contributed by atoms with E-state index in [1.54, 1.807) is 6.07 Å². The van der Waals surface area contributed by atoms with E-state index >= 15 is 0 Å². The van der Waals surface area contributed by atoms with Gasteiger partial charge in [-0.1, -0.05) is 36.4 Å². The molecule has 0 atom stereocenters. The number of hydrogen-bond acceptors (Lipinski definition) is 5. The molecule has 0 bridgehead atoms. The maximum absolute atomic E-state index is 12.2. The molecule has 3 aromatic rings. The highest BCUT2D eigenvalue weighted by molar-refractivity contribution is 6.14. The Kier molecular flexibility index (Phi) is 3.10. The van der Waals surface area contributed by atoms with Gasteiger partial charge in [-0.05, 0) is 10.8 Å². The molecule has 5 heteroatoms. The van der Waals surface area contributed by atoms with Gasteiger partial charge in [0.1, 0.15) is 5.56 Å². The Morgan fingerprint density at radius 1 is 1.05 bits per heavy atom. The van der Waals surface area contributed by atoms with Crippen molar-refractivity contribution in [3.05, 3.63) is 52.4 Å². The first-order valence-corrected chi connectivity index (χ1v) is 6.28. The monoisotopic (exact) mass is 284 g/mol. The van der Waals surface area contributed by atoms with Crippen molar-refractivity contribution >= 4 is 27.5 Å². The van der Waals surface area contributed by atoms with Crippen molar-refractivity contribution in [3.63, 3.8) is 0 Å². The number of ether oxygens (including phenoxy) is 2. The summed E-state index contributed by atoms with van der Waals surface area (Å²) in [5.41, 5.74) is -0.438. The van der Waals surface area contributed by atoms with Gasteiger partial charge >= 0.3 is 17.5 Å². The molecule has 1 aromatic heterocycles. The minimum atomic E-state index is -0.615. The topological polar surface area (TPSA) is 65.7 Å². The van der Waals surface area contributed by atoms with E-state index in [-0.39, 0.29) is 11.5 Å². The average molecular weight is 284 g/mol. The van der Waals surface area contributed by atoms with Crippen LogP contribution >= 0.6 is 0 Å². The first-order valence-electron chi connectivity index (χ1n) is 6.28. The van der Waals surface area contributed by atoms with Gasteiger partial charge < -0.3 is 13.9 Å². The summed E-state index contributed by atoms with van der Waals surface area (Å²) in [6, 6.07) is 10.9. The highest BCUT2D eigenvalue weighted by atomic mass is 16.6. The zero-order valence-corrected chi connectivity index (χ0v) is 11.5. The number of hydrogen-bond donors (Lipinski definition) is 0. The summed E-state index contributed by atoms with van der Waals surface area (Å²) in [6.07, 6.45) is 0. The third-order valence-corrected chi connectivity index (χ3v) is 3.37. The van der Waals surface area contributed by atoms with Gasteiger partial charge in [-0.15, -0.1) is 0 Å². The molecule has 0 spiro atoms. The second kappa shape index (κ2) is 4.94. The van der Waals surface area contributed by atoms with Crippen LogP contribution in [0.1, 0.15) is 10.4 Å². The Bertz CT molecular complexity index is 908. The van der Waals surface area contributed by atoms with Crippen LogP contribution in [0.4, 0.5) is 0 Å². The van der Waals surface area contributed by atoms with Crippen LogP contribution in [0.2, 0.25) is 0 Å². The Morgan fingerprint density at radius 3 is 2.52 bits per heavy atom. The van der Waals surface area contributed by atoms with E-state index in [0.717, 1.165) is 10.8 Å². The van der Waals surface area contributed by atoms with E-state index in [9.17, 15) is 9.59 Å². The highest BCUT2D eigenvalue weighted by Crippen LogP contribution is 2.30. The lowest BCUT2D eigenvalue weighted by atomic mass is 10.0. The Hall–Kier alpha value is -2.82. The lowest BCUT2D eigenvalue weighted by Gasteiger charge is -2.09. The summed E-state index contributed by atoms with van der Waals surface area (Å²) in [7, 11) is 2.59. The van der Waals surface area contributed by atoms with Gasteiger partial charge in [0.25, 0.3) is 0 Å². The molecule has 0 aliphatic carbocycles. The lowest BCUT2D eigenvalue weighted by molar-refractivity contribution is 0.0593. The molecule has 0 radical (unpaired) electrons. The molecule has 0 amide bonds. The summed E-state index contributed by atoms with van der Waals surface area (Å²) < 4.78 is 14.9. The average Bonchev–Trinajstić information content (AvgIpc) is 2.53. The summed E-state index contributed by atoms with van der Waals surface area (Å²) in [6.45, 7) is 0. The largest absolute Gasteiger partial charge is 0.468 e. The van der Waals surface area contributed by atoms with Crippen molar-refractivity contribution < 1.29 is 18.7 Å². The highest BCUT2D eigenvalue weighted by Gasteiger charge is 2.22. The van der Waals surface area contributed by atoms with Gasteiger partial charge in [0.15, 0.2) is 0 Å². The molecular weight excluding hydrogens is 272 g/mol.